The maximum atomic E-state index is 9.49. The fourth-order valence-corrected chi connectivity index (χ4v) is 1.49. The summed E-state index contributed by atoms with van der Waals surface area (Å²) in [6.07, 6.45) is 3.33. The first kappa shape index (κ1) is 7.76. The predicted molar refractivity (Wildman–Crippen MR) is 42.8 cm³/mol. The predicted octanol–water partition coefficient (Wildman–Crippen LogP) is -0.105. The van der Waals surface area contributed by atoms with E-state index in [1.807, 2.05) is 13.2 Å². The highest BCUT2D eigenvalue weighted by Gasteiger charge is 2.28. The van der Waals surface area contributed by atoms with Crippen LogP contribution in [0.3, 0.4) is 0 Å². The highest BCUT2D eigenvalue weighted by Crippen LogP contribution is 2.24. The largest absolute Gasteiger partial charge is 0.390 e. The average Bonchev–Trinajstić information content (AvgIpc) is 2.58. The van der Waals surface area contributed by atoms with Crippen molar-refractivity contribution in [2.75, 3.05) is 13.2 Å². The lowest BCUT2D eigenvalue weighted by molar-refractivity contribution is 0.124. The molecule has 0 aromatic carbocycles. The Morgan fingerprint density at radius 3 is 3.00 bits per heavy atom. The van der Waals surface area contributed by atoms with Crippen LogP contribution in [0.25, 0.3) is 0 Å². The molecule has 66 valence electrons. The van der Waals surface area contributed by atoms with Gasteiger partial charge in [-0.3, -0.25) is 4.68 Å². The van der Waals surface area contributed by atoms with Gasteiger partial charge in [0.15, 0.2) is 0 Å². The maximum absolute atomic E-state index is 9.49. The molecule has 1 aliphatic heterocycles. The van der Waals surface area contributed by atoms with E-state index in [4.69, 9.17) is 4.74 Å². The van der Waals surface area contributed by atoms with Gasteiger partial charge >= 0.3 is 0 Å². The Balaban J connectivity index is 2.19. The molecule has 1 N–H and O–H groups in total. The molecule has 1 aromatic heterocycles. The molecule has 1 saturated heterocycles. The summed E-state index contributed by atoms with van der Waals surface area (Å²) in [6.45, 7) is 1.05. The van der Waals surface area contributed by atoms with E-state index in [1.165, 1.54) is 0 Å². The topological polar surface area (TPSA) is 47.3 Å². The van der Waals surface area contributed by atoms with E-state index in [-0.39, 0.29) is 12.0 Å². The number of hydrogen-bond acceptors (Lipinski definition) is 3. The van der Waals surface area contributed by atoms with Gasteiger partial charge in [0.2, 0.25) is 0 Å². The van der Waals surface area contributed by atoms with E-state index < -0.39 is 0 Å². The molecule has 0 aliphatic carbocycles. The van der Waals surface area contributed by atoms with Crippen molar-refractivity contribution in [3.63, 3.8) is 0 Å². The molecule has 4 nitrogen and oxygen atoms in total. The molecule has 1 aliphatic rings. The van der Waals surface area contributed by atoms with Gasteiger partial charge in [0.05, 0.1) is 25.5 Å². The Morgan fingerprint density at radius 1 is 1.67 bits per heavy atom. The number of aliphatic hydroxyl groups excluding tert-OH is 1. The molecule has 2 atom stereocenters. The van der Waals surface area contributed by atoms with Gasteiger partial charge in [-0.05, 0) is 5.56 Å². The van der Waals surface area contributed by atoms with E-state index in [1.54, 1.807) is 10.9 Å². The SMILES string of the molecule is Cn1cc(C2COCC2O)cn1. The molecular weight excluding hydrogens is 156 g/mol. The highest BCUT2D eigenvalue weighted by atomic mass is 16.5. The Labute approximate surface area is 70.8 Å². The molecule has 2 unspecified atom stereocenters. The lowest BCUT2D eigenvalue weighted by Crippen LogP contribution is -2.14. The number of hydrogen-bond donors (Lipinski definition) is 1. The monoisotopic (exact) mass is 168 g/mol. The van der Waals surface area contributed by atoms with E-state index in [0.29, 0.717) is 13.2 Å². The Bertz CT molecular complexity index is 272. The average molecular weight is 168 g/mol. The van der Waals surface area contributed by atoms with Gasteiger partial charge in [-0.2, -0.15) is 5.10 Å². The smallest absolute Gasteiger partial charge is 0.0865 e. The number of ether oxygens (including phenoxy) is 1. The third-order valence-corrected chi connectivity index (χ3v) is 2.20. The number of nitrogens with zero attached hydrogens (tertiary/aromatic N) is 2. The summed E-state index contributed by atoms with van der Waals surface area (Å²) >= 11 is 0. The zero-order valence-corrected chi connectivity index (χ0v) is 6.97. The first-order valence-electron chi connectivity index (χ1n) is 4.02. The van der Waals surface area contributed by atoms with Crippen LogP contribution in [0.4, 0.5) is 0 Å². The quantitative estimate of drug-likeness (QED) is 0.636. The summed E-state index contributed by atoms with van der Waals surface area (Å²) in [6, 6.07) is 0. The van der Waals surface area contributed by atoms with Crippen LogP contribution >= 0.6 is 0 Å². The van der Waals surface area contributed by atoms with Crippen molar-refractivity contribution in [2.24, 2.45) is 7.05 Å². The van der Waals surface area contributed by atoms with Crippen molar-refractivity contribution < 1.29 is 9.84 Å². The van der Waals surface area contributed by atoms with Crippen molar-refractivity contribution in [3.05, 3.63) is 18.0 Å². The maximum Gasteiger partial charge on any atom is 0.0865 e. The van der Waals surface area contributed by atoms with Crippen molar-refractivity contribution in [3.8, 4) is 0 Å². The van der Waals surface area contributed by atoms with Gasteiger partial charge in [0, 0.05) is 19.2 Å². The molecule has 2 rings (SSSR count). The minimum absolute atomic E-state index is 0.110. The van der Waals surface area contributed by atoms with Gasteiger partial charge in [-0.1, -0.05) is 0 Å². The molecule has 4 heteroatoms. The molecule has 0 spiro atoms. The van der Waals surface area contributed by atoms with Crippen molar-refractivity contribution >= 4 is 0 Å². The highest BCUT2D eigenvalue weighted by molar-refractivity contribution is 5.14. The van der Waals surface area contributed by atoms with Crippen LogP contribution in [0.15, 0.2) is 12.4 Å². The molecule has 2 heterocycles. The van der Waals surface area contributed by atoms with E-state index in [9.17, 15) is 5.11 Å². The third kappa shape index (κ3) is 1.23. The Kier molecular flexibility index (Phi) is 1.86. The number of rotatable bonds is 1. The molecule has 0 saturated carbocycles. The first-order valence-corrected chi connectivity index (χ1v) is 4.02. The first-order chi connectivity index (χ1) is 5.77. The van der Waals surface area contributed by atoms with Gasteiger partial charge in [0.1, 0.15) is 0 Å². The van der Waals surface area contributed by atoms with Crippen LogP contribution < -0.4 is 0 Å². The Hall–Kier alpha value is -0.870. The van der Waals surface area contributed by atoms with Gasteiger partial charge in [0.25, 0.3) is 0 Å². The van der Waals surface area contributed by atoms with Crippen LogP contribution in [0.1, 0.15) is 11.5 Å². The molecule has 1 aromatic rings. The van der Waals surface area contributed by atoms with E-state index in [2.05, 4.69) is 5.10 Å². The van der Waals surface area contributed by atoms with Crippen LogP contribution in [-0.4, -0.2) is 34.2 Å². The summed E-state index contributed by atoms with van der Waals surface area (Å²) in [5.74, 6) is 0.110. The van der Waals surface area contributed by atoms with Gasteiger partial charge < -0.3 is 9.84 Å². The van der Waals surface area contributed by atoms with Crippen molar-refractivity contribution in [1.82, 2.24) is 9.78 Å². The molecular formula is C8H12N2O2. The minimum Gasteiger partial charge on any atom is -0.390 e. The van der Waals surface area contributed by atoms with Gasteiger partial charge in [-0.15, -0.1) is 0 Å². The molecule has 0 bridgehead atoms. The molecule has 0 radical (unpaired) electrons. The fraction of sp³-hybridized carbons (Fsp3) is 0.625. The van der Waals surface area contributed by atoms with Crippen LogP contribution in [-0.2, 0) is 11.8 Å². The van der Waals surface area contributed by atoms with Gasteiger partial charge in [-0.25, -0.2) is 0 Å². The zero-order valence-electron chi connectivity index (χ0n) is 6.97. The third-order valence-electron chi connectivity index (χ3n) is 2.20. The van der Waals surface area contributed by atoms with Crippen LogP contribution in [0.5, 0.6) is 0 Å². The lowest BCUT2D eigenvalue weighted by atomic mass is 10.00. The minimum atomic E-state index is -0.366. The fourth-order valence-electron chi connectivity index (χ4n) is 1.49. The summed E-state index contributed by atoms with van der Waals surface area (Å²) in [5, 5.41) is 13.5. The molecule has 1 fully saturated rings. The second kappa shape index (κ2) is 2.88. The van der Waals surface area contributed by atoms with Crippen molar-refractivity contribution in [2.45, 2.75) is 12.0 Å². The summed E-state index contributed by atoms with van der Waals surface area (Å²) in [4.78, 5) is 0. The van der Waals surface area contributed by atoms with E-state index in [0.717, 1.165) is 5.56 Å². The zero-order chi connectivity index (χ0) is 8.55. The summed E-state index contributed by atoms with van der Waals surface area (Å²) in [5.41, 5.74) is 1.06. The summed E-state index contributed by atoms with van der Waals surface area (Å²) < 4.78 is 6.88. The number of aliphatic hydroxyl groups is 1. The normalized spacial score (nSPS) is 29.5. The molecule has 12 heavy (non-hydrogen) atoms. The second-order valence-electron chi connectivity index (χ2n) is 3.16. The summed E-state index contributed by atoms with van der Waals surface area (Å²) in [7, 11) is 1.87. The van der Waals surface area contributed by atoms with E-state index >= 15 is 0 Å². The standard InChI is InChI=1S/C8H12N2O2/c1-10-3-6(2-9-10)7-4-12-5-8(7)11/h2-3,7-8,11H,4-5H2,1H3. The number of aromatic nitrogens is 2. The van der Waals surface area contributed by atoms with Crippen LogP contribution in [0, 0.1) is 0 Å². The second-order valence-corrected chi connectivity index (χ2v) is 3.16. The Morgan fingerprint density at radius 2 is 2.50 bits per heavy atom. The van der Waals surface area contributed by atoms with Crippen molar-refractivity contribution in [1.29, 1.82) is 0 Å². The van der Waals surface area contributed by atoms with Crippen LogP contribution in [0.2, 0.25) is 0 Å². The molecule has 0 amide bonds. The number of aryl methyl sites for hydroxylation is 1. The lowest BCUT2D eigenvalue weighted by Gasteiger charge is -2.08.